The van der Waals surface area contributed by atoms with Crippen molar-refractivity contribution in [2.75, 3.05) is 6.16 Å². The number of unbranched alkanes of at least 4 members (excludes halogenated alkanes) is 1. The average Bonchev–Trinajstić information content (AvgIpc) is 2.69. The predicted octanol–water partition coefficient (Wildman–Crippen LogP) is 5.00. The van der Waals surface area contributed by atoms with Crippen LogP contribution in [0.15, 0.2) is 11.6 Å². The second-order valence-electron chi connectivity index (χ2n) is 7.31. The highest BCUT2D eigenvalue weighted by atomic mass is 31.1. The highest BCUT2D eigenvalue weighted by Crippen LogP contribution is 2.39. The lowest BCUT2D eigenvalue weighted by Crippen LogP contribution is -2.43. The standard InChI is InChI=1S/C15H29O3PSi/c1-15(2,3)20(4,5)18-14-10-9-13(12-14)8-6-7-11-19(16)17/h12,14H,6-11H2,1-5H3/p+1. The highest BCUT2D eigenvalue weighted by Gasteiger charge is 2.39. The summed E-state index contributed by atoms with van der Waals surface area (Å²) in [5, 5.41) is 0.260. The Morgan fingerprint density at radius 3 is 2.60 bits per heavy atom. The first-order valence-corrected chi connectivity index (χ1v) is 11.9. The molecule has 0 radical (unpaired) electrons. The second kappa shape index (κ2) is 7.30. The van der Waals surface area contributed by atoms with E-state index in [9.17, 15) is 4.57 Å². The van der Waals surface area contributed by atoms with E-state index in [0.717, 1.165) is 32.1 Å². The summed E-state index contributed by atoms with van der Waals surface area (Å²) in [5.74, 6) is 0. The van der Waals surface area contributed by atoms with Gasteiger partial charge in [0.2, 0.25) is 0 Å². The molecule has 0 saturated carbocycles. The van der Waals surface area contributed by atoms with Gasteiger partial charge in [0.1, 0.15) is 0 Å². The van der Waals surface area contributed by atoms with E-state index in [-0.39, 0.29) is 5.04 Å². The van der Waals surface area contributed by atoms with E-state index in [0.29, 0.717) is 12.3 Å². The number of hydrogen-bond donors (Lipinski definition) is 1. The average molecular weight is 317 g/mol. The molecule has 1 N–H and O–H groups in total. The third kappa shape index (κ3) is 5.77. The summed E-state index contributed by atoms with van der Waals surface area (Å²) >= 11 is 0. The van der Waals surface area contributed by atoms with Crippen molar-refractivity contribution in [2.45, 2.75) is 77.1 Å². The van der Waals surface area contributed by atoms with Crippen molar-refractivity contribution >= 4 is 16.3 Å². The molecule has 5 heteroatoms. The molecule has 2 atom stereocenters. The van der Waals surface area contributed by atoms with Crippen LogP contribution in [0, 0.1) is 0 Å². The molecular formula is C15H30O3PSi+. The summed E-state index contributed by atoms with van der Waals surface area (Å²) in [6, 6.07) is 0. The van der Waals surface area contributed by atoms with Gasteiger partial charge in [-0.15, -0.1) is 0 Å². The minimum absolute atomic E-state index is 0.260. The quantitative estimate of drug-likeness (QED) is 0.311. The van der Waals surface area contributed by atoms with E-state index in [2.05, 4.69) is 39.9 Å². The van der Waals surface area contributed by atoms with Gasteiger partial charge in [0.15, 0.2) is 14.5 Å². The van der Waals surface area contributed by atoms with Crippen LogP contribution < -0.4 is 0 Å². The maximum Gasteiger partial charge on any atom is 0.505 e. The van der Waals surface area contributed by atoms with E-state index in [1.807, 2.05) is 0 Å². The van der Waals surface area contributed by atoms with Crippen LogP contribution in [0.2, 0.25) is 18.1 Å². The summed E-state index contributed by atoms with van der Waals surface area (Å²) in [7, 11) is -3.62. The Morgan fingerprint density at radius 2 is 2.05 bits per heavy atom. The van der Waals surface area contributed by atoms with Crippen LogP contribution in [0.1, 0.15) is 52.9 Å². The summed E-state index contributed by atoms with van der Waals surface area (Å²) in [6.45, 7) is 11.4. The van der Waals surface area contributed by atoms with Gasteiger partial charge >= 0.3 is 8.03 Å². The predicted molar refractivity (Wildman–Crippen MR) is 87.9 cm³/mol. The topological polar surface area (TPSA) is 46.5 Å². The first-order chi connectivity index (χ1) is 9.12. The minimum atomic E-state index is -1.95. The summed E-state index contributed by atoms with van der Waals surface area (Å²) in [6.07, 6.45) is 8.19. The van der Waals surface area contributed by atoms with Crippen LogP contribution in [0.5, 0.6) is 0 Å². The van der Waals surface area contributed by atoms with Gasteiger partial charge in [-0.2, -0.15) is 4.89 Å². The van der Waals surface area contributed by atoms with Crippen molar-refractivity contribution in [3.05, 3.63) is 11.6 Å². The third-order valence-corrected chi connectivity index (χ3v) is 9.72. The van der Waals surface area contributed by atoms with Crippen molar-refractivity contribution in [3.8, 4) is 0 Å². The van der Waals surface area contributed by atoms with E-state index < -0.39 is 16.3 Å². The number of rotatable bonds is 7. The second-order valence-corrected chi connectivity index (χ2v) is 13.2. The molecule has 0 amide bonds. The number of allylic oxidation sites excluding steroid dienone is 1. The zero-order valence-electron chi connectivity index (χ0n) is 13.6. The van der Waals surface area contributed by atoms with Crippen LogP contribution in [-0.4, -0.2) is 25.5 Å². The fraction of sp³-hybridized carbons (Fsp3) is 0.867. The van der Waals surface area contributed by atoms with E-state index in [1.54, 1.807) is 0 Å². The van der Waals surface area contributed by atoms with Gasteiger partial charge < -0.3 is 4.43 Å². The van der Waals surface area contributed by atoms with E-state index >= 15 is 0 Å². The smallest absolute Gasteiger partial charge is 0.411 e. The lowest BCUT2D eigenvalue weighted by Gasteiger charge is -2.38. The Labute approximate surface area is 125 Å². The third-order valence-electron chi connectivity index (χ3n) is 4.52. The maximum atomic E-state index is 10.6. The molecule has 0 saturated heterocycles. The van der Waals surface area contributed by atoms with Crippen molar-refractivity contribution in [3.63, 3.8) is 0 Å². The van der Waals surface area contributed by atoms with Gasteiger partial charge in [0, 0.05) is 0 Å². The van der Waals surface area contributed by atoms with Gasteiger partial charge in [0.05, 0.1) is 6.10 Å². The Bertz CT molecular complexity index is 372. The summed E-state index contributed by atoms with van der Waals surface area (Å²) in [4.78, 5) is 8.77. The monoisotopic (exact) mass is 317 g/mol. The van der Waals surface area contributed by atoms with Crippen molar-refractivity contribution < 1.29 is 13.9 Å². The van der Waals surface area contributed by atoms with Gasteiger partial charge in [-0.05, 0) is 54.8 Å². The molecule has 0 aromatic carbocycles. The summed E-state index contributed by atoms with van der Waals surface area (Å²) in [5.41, 5.74) is 1.47. The minimum Gasteiger partial charge on any atom is -0.411 e. The fourth-order valence-corrected chi connectivity index (χ4v) is 4.00. The molecule has 1 rings (SSSR count). The van der Waals surface area contributed by atoms with Crippen LogP contribution >= 0.6 is 8.03 Å². The lowest BCUT2D eigenvalue weighted by molar-refractivity contribution is 0.224. The molecule has 116 valence electrons. The normalized spacial score (nSPS) is 21.0. The maximum absolute atomic E-state index is 10.6. The SMILES string of the molecule is CC(C)(C)[Si](C)(C)OC1C=C(CCCC[P+](=O)O)CC1. The molecule has 0 heterocycles. The van der Waals surface area contributed by atoms with Crippen molar-refractivity contribution in [1.82, 2.24) is 0 Å². The molecule has 0 aromatic heterocycles. The molecule has 0 fully saturated rings. The van der Waals surface area contributed by atoms with Gasteiger partial charge in [0.25, 0.3) is 0 Å². The van der Waals surface area contributed by atoms with Gasteiger partial charge in [-0.25, -0.2) is 0 Å². The van der Waals surface area contributed by atoms with Crippen molar-refractivity contribution in [1.29, 1.82) is 0 Å². The zero-order valence-corrected chi connectivity index (χ0v) is 15.5. The Morgan fingerprint density at radius 1 is 1.40 bits per heavy atom. The van der Waals surface area contributed by atoms with Crippen LogP contribution in [0.4, 0.5) is 0 Å². The van der Waals surface area contributed by atoms with Crippen LogP contribution in [0.3, 0.4) is 0 Å². The van der Waals surface area contributed by atoms with Gasteiger partial charge in [-0.1, -0.05) is 32.4 Å². The fourth-order valence-electron chi connectivity index (χ4n) is 2.21. The molecule has 0 bridgehead atoms. The molecule has 1 aliphatic carbocycles. The number of hydrogen-bond acceptors (Lipinski definition) is 2. The van der Waals surface area contributed by atoms with Crippen LogP contribution in [0.25, 0.3) is 0 Å². The van der Waals surface area contributed by atoms with Gasteiger partial charge in [-0.3, -0.25) is 0 Å². The Balaban J connectivity index is 2.39. The van der Waals surface area contributed by atoms with Crippen LogP contribution in [-0.2, 0) is 8.99 Å². The molecule has 0 aliphatic heterocycles. The van der Waals surface area contributed by atoms with E-state index in [4.69, 9.17) is 9.32 Å². The molecule has 20 heavy (non-hydrogen) atoms. The molecular weight excluding hydrogens is 287 g/mol. The molecule has 1 aliphatic rings. The summed E-state index contributed by atoms with van der Waals surface area (Å²) < 4.78 is 17.0. The molecule has 0 aromatic rings. The first-order valence-electron chi connectivity index (χ1n) is 7.63. The highest BCUT2D eigenvalue weighted by molar-refractivity contribution is 7.37. The first kappa shape index (κ1) is 18.0. The van der Waals surface area contributed by atoms with Crippen molar-refractivity contribution in [2.24, 2.45) is 0 Å². The Kier molecular flexibility index (Phi) is 6.58. The lowest BCUT2D eigenvalue weighted by atomic mass is 10.1. The van der Waals surface area contributed by atoms with E-state index in [1.165, 1.54) is 5.57 Å². The molecule has 3 nitrogen and oxygen atoms in total. The molecule has 0 spiro atoms. The largest absolute Gasteiger partial charge is 0.505 e. The Hall–Kier alpha value is -0.0231. The molecule has 2 unspecified atom stereocenters. The zero-order chi connectivity index (χ0) is 15.4.